The van der Waals surface area contributed by atoms with Crippen LogP contribution >= 0.6 is 0 Å². The number of nitrogens with one attached hydrogen (secondary N) is 2. The van der Waals surface area contributed by atoms with Gasteiger partial charge in [-0.3, -0.25) is 4.79 Å². The molecule has 0 atom stereocenters. The van der Waals surface area contributed by atoms with E-state index in [1.807, 2.05) is 6.92 Å². The van der Waals surface area contributed by atoms with Crippen LogP contribution in [0.1, 0.15) is 34.8 Å². The smallest absolute Gasteiger partial charge is 0.251 e. The molecule has 1 aromatic rings. The number of likely N-dealkylation sites (N-methyl/N-ethyl adjacent to an activating group) is 1. The third-order valence-corrected chi connectivity index (χ3v) is 6.83. The monoisotopic (exact) mass is 396 g/mol. The summed E-state index contributed by atoms with van der Waals surface area (Å²) in [6, 6.07) is 3.19. The van der Waals surface area contributed by atoms with E-state index in [1.165, 1.54) is 13.1 Å². The van der Waals surface area contributed by atoms with Gasteiger partial charge in [0.1, 0.15) is 0 Å². The average molecular weight is 397 g/mol. The number of carbonyl (C=O) groups is 1. The second-order valence-corrected chi connectivity index (χ2v) is 8.86. The van der Waals surface area contributed by atoms with Gasteiger partial charge in [-0.25, -0.2) is 13.1 Å². The lowest BCUT2D eigenvalue weighted by atomic mass is 10.1. The SMILES string of the molecule is CCN1CCN(CCCNC(=O)c2cc(C)c(C)c(S(=O)(=O)NC)c2)CC1. The van der Waals surface area contributed by atoms with Gasteiger partial charge in [-0.2, -0.15) is 0 Å². The van der Waals surface area contributed by atoms with Crippen LogP contribution in [0.15, 0.2) is 17.0 Å². The number of amides is 1. The molecule has 2 N–H and O–H groups in total. The van der Waals surface area contributed by atoms with Crippen LogP contribution in [0.25, 0.3) is 0 Å². The van der Waals surface area contributed by atoms with Crippen LogP contribution < -0.4 is 10.0 Å². The lowest BCUT2D eigenvalue weighted by Gasteiger charge is -2.33. The largest absolute Gasteiger partial charge is 0.352 e. The van der Waals surface area contributed by atoms with Crippen molar-refractivity contribution < 1.29 is 13.2 Å². The zero-order chi connectivity index (χ0) is 20.0. The van der Waals surface area contributed by atoms with Gasteiger partial charge < -0.3 is 15.1 Å². The van der Waals surface area contributed by atoms with E-state index < -0.39 is 10.0 Å². The summed E-state index contributed by atoms with van der Waals surface area (Å²) in [4.78, 5) is 17.5. The summed E-state index contributed by atoms with van der Waals surface area (Å²) in [5, 5.41) is 2.91. The quantitative estimate of drug-likeness (QED) is 0.640. The maximum atomic E-state index is 12.5. The van der Waals surface area contributed by atoms with Gasteiger partial charge in [0.25, 0.3) is 5.91 Å². The van der Waals surface area contributed by atoms with E-state index in [1.54, 1.807) is 13.0 Å². The van der Waals surface area contributed by atoms with Crippen LogP contribution in [0.2, 0.25) is 0 Å². The molecule has 0 unspecified atom stereocenters. The van der Waals surface area contributed by atoms with Crippen molar-refractivity contribution in [3.8, 4) is 0 Å². The fourth-order valence-electron chi connectivity index (χ4n) is 3.28. The number of benzene rings is 1. The van der Waals surface area contributed by atoms with Crippen LogP contribution in [0.5, 0.6) is 0 Å². The Hall–Kier alpha value is -1.48. The first-order valence-electron chi connectivity index (χ1n) is 9.56. The molecule has 1 aliphatic rings. The highest BCUT2D eigenvalue weighted by molar-refractivity contribution is 7.89. The minimum absolute atomic E-state index is 0.156. The predicted molar refractivity (Wildman–Crippen MR) is 108 cm³/mol. The Morgan fingerprint density at radius 2 is 1.74 bits per heavy atom. The number of aryl methyl sites for hydroxylation is 1. The minimum atomic E-state index is -3.59. The van der Waals surface area contributed by atoms with E-state index in [2.05, 4.69) is 26.8 Å². The van der Waals surface area contributed by atoms with Crippen LogP contribution in [0.4, 0.5) is 0 Å². The van der Waals surface area contributed by atoms with Gasteiger partial charge in [0.05, 0.1) is 4.90 Å². The van der Waals surface area contributed by atoms with E-state index >= 15 is 0 Å². The van der Waals surface area contributed by atoms with E-state index in [0.717, 1.165) is 51.3 Å². The molecule has 2 rings (SSSR count). The highest BCUT2D eigenvalue weighted by Crippen LogP contribution is 2.21. The highest BCUT2D eigenvalue weighted by atomic mass is 32.2. The fourth-order valence-corrected chi connectivity index (χ4v) is 4.35. The summed E-state index contributed by atoms with van der Waals surface area (Å²) in [6.07, 6.45) is 0.879. The number of carbonyl (C=O) groups excluding carboxylic acids is 1. The van der Waals surface area contributed by atoms with E-state index in [4.69, 9.17) is 0 Å². The van der Waals surface area contributed by atoms with Crippen LogP contribution in [0, 0.1) is 13.8 Å². The molecule has 1 fully saturated rings. The predicted octanol–water partition coefficient (Wildman–Crippen LogP) is 0.969. The summed E-state index contributed by atoms with van der Waals surface area (Å²) in [6.45, 7) is 12.8. The highest BCUT2D eigenvalue weighted by Gasteiger charge is 2.19. The Kier molecular flexibility index (Phi) is 7.79. The first-order chi connectivity index (χ1) is 12.8. The van der Waals surface area contributed by atoms with Gasteiger partial charge in [-0.1, -0.05) is 6.92 Å². The topological polar surface area (TPSA) is 81.8 Å². The van der Waals surface area contributed by atoms with Gasteiger partial charge in [-0.15, -0.1) is 0 Å². The maximum Gasteiger partial charge on any atom is 0.251 e. The summed E-state index contributed by atoms with van der Waals surface area (Å²) in [7, 11) is -2.22. The third-order valence-electron chi connectivity index (χ3n) is 5.29. The Morgan fingerprint density at radius 3 is 2.33 bits per heavy atom. The second kappa shape index (κ2) is 9.64. The number of hydrogen-bond acceptors (Lipinski definition) is 5. The molecule has 0 radical (unpaired) electrons. The standard InChI is InChI=1S/C19H32N4O3S/c1-5-22-9-11-23(12-10-22)8-6-7-21-19(24)17-13-15(2)16(3)18(14-17)27(25,26)20-4/h13-14,20H,5-12H2,1-4H3,(H,21,24). The van der Waals surface area contributed by atoms with Gasteiger partial charge >= 0.3 is 0 Å². The van der Waals surface area contributed by atoms with Crippen molar-refractivity contribution in [2.75, 3.05) is 52.9 Å². The van der Waals surface area contributed by atoms with Crippen molar-refractivity contribution in [1.29, 1.82) is 0 Å². The Morgan fingerprint density at radius 1 is 1.11 bits per heavy atom. The molecule has 1 aromatic carbocycles. The molecule has 7 nitrogen and oxygen atoms in total. The van der Waals surface area contributed by atoms with Crippen molar-refractivity contribution in [3.05, 3.63) is 28.8 Å². The lowest BCUT2D eigenvalue weighted by molar-refractivity contribution is 0.0948. The Labute approximate surface area is 163 Å². The number of sulfonamides is 1. The van der Waals surface area contributed by atoms with E-state index in [0.29, 0.717) is 17.7 Å². The molecule has 0 bridgehead atoms. The van der Waals surface area contributed by atoms with Gasteiger partial charge in [-0.05, 0) is 63.7 Å². The van der Waals surface area contributed by atoms with E-state index in [9.17, 15) is 13.2 Å². The van der Waals surface area contributed by atoms with E-state index in [-0.39, 0.29) is 10.8 Å². The first-order valence-corrected chi connectivity index (χ1v) is 11.0. The molecule has 8 heteroatoms. The molecular formula is C19H32N4O3S. The molecule has 0 saturated carbocycles. The summed E-state index contributed by atoms with van der Waals surface area (Å²) in [5.74, 6) is -0.235. The summed E-state index contributed by atoms with van der Waals surface area (Å²) in [5.41, 5.74) is 1.82. The van der Waals surface area contributed by atoms with Crippen LogP contribution in [-0.2, 0) is 10.0 Å². The van der Waals surface area contributed by atoms with Crippen molar-refractivity contribution in [1.82, 2.24) is 19.8 Å². The fraction of sp³-hybridized carbons (Fsp3) is 0.632. The molecule has 1 heterocycles. The summed E-state index contributed by atoms with van der Waals surface area (Å²) < 4.78 is 26.7. The van der Waals surface area contributed by atoms with Crippen molar-refractivity contribution in [2.24, 2.45) is 0 Å². The lowest BCUT2D eigenvalue weighted by Crippen LogP contribution is -2.46. The second-order valence-electron chi connectivity index (χ2n) is 7.01. The van der Waals surface area contributed by atoms with Crippen molar-refractivity contribution in [3.63, 3.8) is 0 Å². The van der Waals surface area contributed by atoms with Crippen molar-refractivity contribution >= 4 is 15.9 Å². The zero-order valence-electron chi connectivity index (χ0n) is 16.8. The normalized spacial score (nSPS) is 16.4. The molecule has 27 heavy (non-hydrogen) atoms. The third kappa shape index (κ3) is 5.75. The zero-order valence-corrected chi connectivity index (χ0v) is 17.7. The molecule has 152 valence electrons. The average Bonchev–Trinajstić information content (AvgIpc) is 2.67. The molecule has 1 saturated heterocycles. The molecular weight excluding hydrogens is 364 g/mol. The molecule has 0 spiro atoms. The van der Waals surface area contributed by atoms with Gasteiger partial charge in [0.2, 0.25) is 10.0 Å². The van der Waals surface area contributed by atoms with Gasteiger partial charge in [0, 0.05) is 38.3 Å². The molecule has 1 amide bonds. The number of piperazine rings is 1. The number of nitrogens with zero attached hydrogens (tertiary/aromatic N) is 2. The number of hydrogen-bond donors (Lipinski definition) is 2. The Bertz CT molecular complexity index is 756. The molecule has 0 aromatic heterocycles. The van der Waals surface area contributed by atoms with Gasteiger partial charge in [0.15, 0.2) is 0 Å². The van der Waals surface area contributed by atoms with Crippen LogP contribution in [0.3, 0.4) is 0 Å². The first kappa shape index (κ1) is 21.8. The molecule has 1 aliphatic heterocycles. The molecule has 0 aliphatic carbocycles. The van der Waals surface area contributed by atoms with Crippen molar-refractivity contribution in [2.45, 2.75) is 32.1 Å². The summed E-state index contributed by atoms with van der Waals surface area (Å²) >= 11 is 0. The van der Waals surface area contributed by atoms with Crippen LogP contribution in [-0.4, -0.2) is 77.0 Å². The Balaban J connectivity index is 1.89. The minimum Gasteiger partial charge on any atom is -0.352 e. The maximum absolute atomic E-state index is 12.5. The number of rotatable bonds is 8.